The van der Waals surface area contributed by atoms with Crippen molar-refractivity contribution in [2.24, 2.45) is 0 Å². The Balaban J connectivity index is 1.33. The molecule has 1 unspecified atom stereocenters. The minimum atomic E-state index is -0.467. The number of hydrogen-bond acceptors (Lipinski definition) is 5. The first-order valence-electron chi connectivity index (χ1n) is 11.8. The second-order valence-electron chi connectivity index (χ2n) is 8.82. The number of fused-ring (bicyclic) bond motifs is 1. The van der Waals surface area contributed by atoms with Crippen LogP contribution in [0.25, 0.3) is 17.0 Å². The molecular weight excluding hydrogens is 455 g/mol. The van der Waals surface area contributed by atoms with Gasteiger partial charge >= 0.3 is 0 Å². The molecule has 0 amide bonds. The molecule has 3 aromatic rings. The van der Waals surface area contributed by atoms with E-state index in [9.17, 15) is 18.3 Å². The van der Waals surface area contributed by atoms with Gasteiger partial charge < -0.3 is 20.1 Å². The Morgan fingerprint density at radius 1 is 1.11 bits per heavy atom. The van der Waals surface area contributed by atoms with Crippen LogP contribution in [0.3, 0.4) is 0 Å². The van der Waals surface area contributed by atoms with Gasteiger partial charge in [-0.1, -0.05) is 12.2 Å². The first kappa shape index (κ1) is 25.2. The molecule has 0 aliphatic carbocycles. The molecule has 1 aromatic heterocycles. The van der Waals surface area contributed by atoms with E-state index in [0.717, 1.165) is 43.5 Å². The second-order valence-corrected chi connectivity index (χ2v) is 8.82. The van der Waals surface area contributed by atoms with Gasteiger partial charge in [0.05, 0.1) is 19.2 Å². The molecule has 4 rings (SSSR count). The van der Waals surface area contributed by atoms with Crippen LogP contribution >= 0.6 is 0 Å². The summed E-state index contributed by atoms with van der Waals surface area (Å²) in [5, 5.41) is 14.4. The molecule has 5 nitrogen and oxygen atoms in total. The molecule has 1 saturated heterocycles. The summed E-state index contributed by atoms with van der Waals surface area (Å²) in [6.07, 6.45) is 5.15. The number of piperidine rings is 1. The summed E-state index contributed by atoms with van der Waals surface area (Å²) in [5.41, 5.74) is 1.16. The zero-order valence-corrected chi connectivity index (χ0v) is 19.7. The number of aromatic nitrogens is 1. The number of ether oxygens (including phenoxy) is 1. The van der Waals surface area contributed by atoms with Crippen LogP contribution in [0.4, 0.5) is 13.2 Å². The topological polar surface area (TPSA) is 57.6 Å². The van der Waals surface area contributed by atoms with E-state index in [4.69, 9.17) is 4.74 Å². The number of aliphatic hydroxyl groups is 1. The number of benzene rings is 2. The predicted octanol–water partition coefficient (Wildman–Crippen LogP) is 4.50. The van der Waals surface area contributed by atoms with Crippen molar-refractivity contribution >= 4 is 17.0 Å². The van der Waals surface area contributed by atoms with Gasteiger partial charge in [0.1, 0.15) is 17.5 Å². The second kappa shape index (κ2) is 11.7. The van der Waals surface area contributed by atoms with Gasteiger partial charge in [-0.2, -0.15) is 0 Å². The van der Waals surface area contributed by atoms with Gasteiger partial charge in [0, 0.05) is 47.6 Å². The van der Waals surface area contributed by atoms with Crippen molar-refractivity contribution in [3.8, 4) is 5.88 Å². The van der Waals surface area contributed by atoms with Crippen LogP contribution in [0.5, 0.6) is 5.88 Å². The molecule has 186 valence electrons. The SMILES string of the molecule is COc1ccc2ccc(F)c(C(CO)CN3CCC(NC/C=C/c4cc(F)ccc4F)CC3)c2n1. The average molecular weight is 486 g/mol. The van der Waals surface area contributed by atoms with Crippen LogP contribution in [0.1, 0.15) is 29.9 Å². The van der Waals surface area contributed by atoms with Crippen LogP contribution in [0, 0.1) is 17.5 Å². The minimum Gasteiger partial charge on any atom is -0.481 e. The van der Waals surface area contributed by atoms with Crippen LogP contribution in [-0.4, -0.2) is 60.9 Å². The van der Waals surface area contributed by atoms with E-state index in [0.29, 0.717) is 36.1 Å². The van der Waals surface area contributed by atoms with Crippen LogP contribution in [-0.2, 0) is 0 Å². The Bertz CT molecular complexity index is 1180. The van der Waals surface area contributed by atoms with Crippen molar-refractivity contribution in [2.45, 2.75) is 24.8 Å². The third-order valence-electron chi connectivity index (χ3n) is 6.51. The molecule has 1 aliphatic rings. The summed E-state index contributed by atoms with van der Waals surface area (Å²) >= 11 is 0. The summed E-state index contributed by atoms with van der Waals surface area (Å²) in [6.45, 7) is 2.50. The fourth-order valence-corrected chi connectivity index (χ4v) is 4.60. The van der Waals surface area contributed by atoms with Gasteiger partial charge in [0.2, 0.25) is 5.88 Å². The summed E-state index contributed by atoms with van der Waals surface area (Å²) in [4.78, 5) is 6.68. The number of likely N-dealkylation sites (tertiary alicyclic amines) is 1. The molecule has 0 bridgehead atoms. The van der Waals surface area contributed by atoms with Gasteiger partial charge in [-0.05, 0) is 62.3 Å². The van der Waals surface area contributed by atoms with Crippen LogP contribution in [0.15, 0.2) is 48.5 Å². The van der Waals surface area contributed by atoms with E-state index in [1.165, 1.54) is 19.2 Å². The third kappa shape index (κ3) is 6.20. The van der Waals surface area contributed by atoms with Crippen LogP contribution in [0.2, 0.25) is 0 Å². The molecular formula is C27H30F3N3O2. The molecule has 2 N–H and O–H groups in total. The van der Waals surface area contributed by atoms with Crippen molar-refractivity contribution in [3.63, 3.8) is 0 Å². The number of nitrogens with zero attached hydrogens (tertiary/aromatic N) is 2. The number of hydrogen-bond donors (Lipinski definition) is 2. The summed E-state index contributed by atoms with van der Waals surface area (Å²) in [6, 6.07) is 10.4. The first-order chi connectivity index (χ1) is 17.0. The van der Waals surface area contributed by atoms with Crippen molar-refractivity contribution in [1.82, 2.24) is 15.2 Å². The number of methoxy groups -OCH3 is 1. The van der Waals surface area contributed by atoms with Gasteiger partial charge in [0.25, 0.3) is 0 Å². The molecule has 2 heterocycles. The highest BCUT2D eigenvalue weighted by Gasteiger charge is 2.25. The Morgan fingerprint density at radius 2 is 1.86 bits per heavy atom. The molecule has 35 heavy (non-hydrogen) atoms. The van der Waals surface area contributed by atoms with Gasteiger partial charge in [-0.3, -0.25) is 0 Å². The van der Waals surface area contributed by atoms with Gasteiger partial charge in [-0.15, -0.1) is 0 Å². The number of aliphatic hydroxyl groups excluding tert-OH is 1. The Kier molecular flexibility index (Phi) is 8.38. The summed E-state index contributed by atoms with van der Waals surface area (Å²) in [7, 11) is 1.52. The monoisotopic (exact) mass is 485 g/mol. The highest BCUT2D eigenvalue weighted by Crippen LogP contribution is 2.30. The number of nitrogens with one attached hydrogen (secondary N) is 1. The van der Waals surface area contributed by atoms with Crippen molar-refractivity contribution in [1.29, 1.82) is 0 Å². The highest BCUT2D eigenvalue weighted by molar-refractivity contribution is 5.83. The average Bonchev–Trinajstić information content (AvgIpc) is 2.88. The van der Waals surface area contributed by atoms with E-state index in [1.807, 2.05) is 6.07 Å². The Labute approximate surface area is 203 Å². The number of rotatable bonds is 9. The zero-order chi connectivity index (χ0) is 24.8. The van der Waals surface area contributed by atoms with Crippen molar-refractivity contribution < 1.29 is 23.0 Å². The maximum Gasteiger partial charge on any atom is 0.213 e. The maximum absolute atomic E-state index is 14.9. The van der Waals surface area contributed by atoms with Crippen LogP contribution < -0.4 is 10.1 Å². The lowest BCUT2D eigenvalue weighted by Gasteiger charge is -2.34. The molecule has 1 fully saturated rings. The molecule has 0 radical (unpaired) electrons. The number of halogens is 3. The van der Waals surface area contributed by atoms with Crippen molar-refractivity contribution in [2.75, 3.05) is 39.9 Å². The van der Waals surface area contributed by atoms with E-state index in [2.05, 4.69) is 15.2 Å². The van der Waals surface area contributed by atoms with E-state index in [-0.39, 0.29) is 18.0 Å². The minimum absolute atomic E-state index is 0.186. The molecule has 0 spiro atoms. The largest absolute Gasteiger partial charge is 0.481 e. The Morgan fingerprint density at radius 3 is 2.60 bits per heavy atom. The van der Waals surface area contributed by atoms with Gasteiger partial charge in [0.15, 0.2) is 0 Å². The molecule has 0 saturated carbocycles. The lowest BCUT2D eigenvalue weighted by Crippen LogP contribution is -2.44. The van der Waals surface area contributed by atoms with E-state index >= 15 is 0 Å². The lowest BCUT2D eigenvalue weighted by molar-refractivity contribution is 0.162. The third-order valence-corrected chi connectivity index (χ3v) is 6.51. The van der Waals surface area contributed by atoms with E-state index in [1.54, 1.807) is 24.3 Å². The fourth-order valence-electron chi connectivity index (χ4n) is 4.60. The first-order valence-corrected chi connectivity index (χ1v) is 11.8. The quantitative estimate of drug-likeness (QED) is 0.467. The standard InChI is InChI=1S/C27H30F3N3O2/c1-35-25-9-5-18-4-7-24(30)26(27(18)32-25)20(17-34)16-33-13-10-22(11-14-33)31-12-2-3-19-15-21(28)6-8-23(19)29/h2-9,15,20,22,31,34H,10-14,16-17H2,1H3/b3-2+. The lowest BCUT2D eigenvalue weighted by atomic mass is 9.94. The van der Waals surface area contributed by atoms with E-state index < -0.39 is 17.6 Å². The van der Waals surface area contributed by atoms with Crippen molar-refractivity contribution in [3.05, 3.63) is 77.1 Å². The normalized spacial score (nSPS) is 16.3. The summed E-state index contributed by atoms with van der Waals surface area (Å²) in [5.74, 6) is -1.30. The molecule has 1 atom stereocenters. The van der Waals surface area contributed by atoms with Gasteiger partial charge in [-0.25, -0.2) is 18.2 Å². The molecule has 8 heteroatoms. The smallest absolute Gasteiger partial charge is 0.213 e. The molecule has 2 aromatic carbocycles. The predicted molar refractivity (Wildman–Crippen MR) is 131 cm³/mol. The Hall–Kier alpha value is -2.94. The highest BCUT2D eigenvalue weighted by atomic mass is 19.1. The molecule has 1 aliphatic heterocycles. The zero-order valence-electron chi connectivity index (χ0n) is 19.7. The summed E-state index contributed by atoms with van der Waals surface area (Å²) < 4.78 is 47.1. The number of pyridine rings is 1. The fraction of sp³-hybridized carbons (Fsp3) is 0.370. The maximum atomic E-state index is 14.9.